The summed E-state index contributed by atoms with van der Waals surface area (Å²) >= 11 is 0. The molecule has 28 heavy (non-hydrogen) atoms. The van der Waals surface area contributed by atoms with Crippen molar-refractivity contribution in [2.45, 2.75) is 18.4 Å². The lowest BCUT2D eigenvalue weighted by Crippen LogP contribution is -3.13. The minimum Gasteiger partial charge on any atom is -0.328 e. The largest absolute Gasteiger partial charge is 0.328 e. The van der Waals surface area contributed by atoms with Gasteiger partial charge in [0.25, 0.3) is 5.91 Å². The van der Waals surface area contributed by atoms with Gasteiger partial charge in [-0.25, -0.2) is 12.7 Å². The summed E-state index contributed by atoms with van der Waals surface area (Å²) in [5.74, 6) is -0.0382. The molecular weight excluding hydrogens is 374 g/mol. The fraction of sp³-hybridized carbons (Fsp3) is 0.381. The van der Waals surface area contributed by atoms with Gasteiger partial charge in [0.15, 0.2) is 0 Å². The number of piperazine rings is 1. The molecule has 1 saturated heterocycles. The van der Waals surface area contributed by atoms with E-state index in [-0.39, 0.29) is 10.8 Å². The summed E-state index contributed by atoms with van der Waals surface area (Å²) in [7, 11) is -0.493. The zero-order valence-electron chi connectivity index (χ0n) is 16.7. The number of benzene rings is 2. The number of hydrogen-bond acceptors (Lipinski definition) is 3. The first-order valence-electron chi connectivity index (χ1n) is 9.49. The first kappa shape index (κ1) is 20.5. The number of nitrogens with one attached hydrogen (secondary N) is 1. The Morgan fingerprint density at radius 1 is 1.04 bits per heavy atom. The van der Waals surface area contributed by atoms with Crippen LogP contribution in [-0.4, -0.2) is 63.8 Å². The molecule has 0 aliphatic carbocycles. The molecule has 7 heteroatoms. The lowest BCUT2D eigenvalue weighted by molar-refractivity contribution is -0.917. The average molecular weight is 403 g/mol. The third-order valence-corrected chi connectivity index (χ3v) is 7.17. The molecule has 6 nitrogen and oxygen atoms in total. The van der Waals surface area contributed by atoms with E-state index in [4.69, 9.17) is 0 Å². The number of aryl methyl sites for hydroxylation is 1. The summed E-state index contributed by atoms with van der Waals surface area (Å²) in [6.07, 6.45) is 0. The first-order chi connectivity index (χ1) is 13.3. The number of rotatable bonds is 5. The highest BCUT2D eigenvalue weighted by molar-refractivity contribution is 7.89. The molecule has 0 unspecified atom stereocenters. The highest BCUT2D eigenvalue weighted by Crippen LogP contribution is 2.15. The minimum absolute atomic E-state index is 0.0382. The Kier molecular flexibility index (Phi) is 6.17. The molecule has 0 bridgehead atoms. The van der Waals surface area contributed by atoms with Gasteiger partial charge >= 0.3 is 0 Å². The normalized spacial score (nSPS) is 15.8. The molecular formula is C21H28N3O3S+. The maximum Gasteiger partial charge on any atom is 0.254 e. The molecule has 1 aliphatic rings. The molecule has 0 radical (unpaired) electrons. The van der Waals surface area contributed by atoms with E-state index in [0.29, 0.717) is 18.7 Å². The van der Waals surface area contributed by atoms with Gasteiger partial charge in [-0.3, -0.25) is 4.79 Å². The standard InChI is InChI=1S/C21H27N3O3S/c1-17-6-4-5-7-19(17)16-23-12-14-24(15-13-23)21(25)18-8-10-20(11-9-18)28(26,27)22(2)3/h4-11H,12-16H2,1-3H3/p+1. The highest BCUT2D eigenvalue weighted by Gasteiger charge is 2.25. The van der Waals surface area contributed by atoms with Crippen molar-refractivity contribution >= 4 is 15.9 Å². The second-order valence-corrected chi connectivity index (χ2v) is 9.61. The van der Waals surface area contributed by atoms with Crippen LogP contribution < -0.4 is 4.90 Å². The minimum atomic E-state index is -3.48. The third kappa shape index (κ3) is 4.43. The van der Waals surface area contributed by atoms with Crippen molar-refractivity contribution in [2.24, 2.45) is 0 Å². The van der Waals surface area contributed by atoms with E-state index in [2.05, 4.69) is 31.2 Å². The van der Waals surface area contributed by atoms with Crippen LogP contribution in [0.5, 0.6) is 0 Å². The van der Waals surface area contributed by atoms with Gasteiger partial charge in [-0.2, -0.15) is 0 Å². The summed E-state index contributed by atoms with van der Waals surface area (Å²) in [5, 5.41) is 0. The monoisotopic (exact) mass is 402 g/mol. The lowest BCUT2D eigenvalue weighted by atomic mass is 10.1. The zero-order valence-corrected chi connectivity index (χ0v) is 17.5. The molecule has 1 N–H and O–H groups in total. The van der Waals surface area contributed by atoms with E-state index < -0.39 is 10.0 Å². The number of carbonyl (C=O) groups is 1. The van der Waals surface area contributed by atoms with Gasteiger partial charge in [0, 0.05) is 25.2 Å². The summed E-state index contributed by atoms with van der Waals surface area (Å²) < 4.78 is 25.5. The number of carbonyl (C=O) groups excluding carboxylic acids is 1. The molecule has 1 heterocycles. The van der Waals surface area contributed by atoms with Crippen LogP contribution in [0.4, 0.5) is 0 Å². The Labute approximate surface area is 167 Å². The van der Waals surface area contributed by atoms with Crippen LogP contribution in [0.2, 0.25) is 0 Å². The molecule has 3 rings (SSSR count). The smallest absolute Gasteiger partial charge is 0.254 e. The molecule has 0 saturated carbocycles. The summed E-state index contributed by atoms with van der Waals surface area (Å²) in [6, 6.07) is 14.6. The summed E-state index contributed by atoms with van der Waals surface area (Å²) in [6.45, 7) is 6.34. The van der Waals surface area contributed by atoms with Gasteiger partial charge in [0.2, 0.25) is 10.0 Å². The zero-order chi connectivity index (χ0) is 20.3. The molecule has 2 aromatic rings. The van der Waals surface area contributed by atoms with Gasteiger partial charge in [-0.1, -0.05) is 24.3 Å². The average Bonchev–Trinajstić information content (AvgIpc) is 2.70. The van der Waals surface area contributed by atoms with Gasteiger partial charge in [0.1, 0.15) is 6.54 Å². The number of amides is 1. The van der Waals surface area contributed by atoms with Gasteiger partial charge in [-0.05, 0) is 36.8 Å². The molecule has 0 spiro atoms. The van der Waals surface area contributed by atoms with Crippen molar-refractivity contribution in [1.82, 2.24) is 9.21 Å². The van der Waals surface area contributed by atoms with Crippen LogP contribution in [-0.2, 0) is 16.6 Å². The van der Waals surface area contributed by atoms with Crippen molar-refractivity contribution in [2.75, 3.05) is 40.3 Å². The fourth-order valence-corrected chi connectivity index (χ4v) is 4.35. The highest BCUT2D eigenvalue weighted by atomic mass is 32.2. The Bertz CT molecular complexity index is 932. The van der Waals surface area contributed by atoms with E-state index >= 15 is 0 Å². The SMILES string of the molecule is Cc1ccccc1C[NH+]1CCN(C(=O)c2ccc(S(=O)(=O)N(C)C)cc2)CC1. The Balaban J connectivity index is 1.60. The maximum absolute atomic E-state index is 12.8. The lowest BCUT2D eigenvalue weighted by Gasteiger charge is -2.32. The number of hydrogen-bond donors (Lipinski definition) is 1. The molecule has 0 aromatic heterocycles. The van der Waals surface area contributed by atoms with Gasteiger partial charge in [-0.15, -0.1) is 0 Å². The van der Waals surface area contributed by atoms with Crippen LogP contribution in [0, 0.1) is 6.92 Å². The number of nitrogens with zero attached hydrogens (tertiary/aromatic N) is 2. The number of quaternary nitrogens is 1. The first-order valence-corrected chi connectivity index (χ1v) is 10.9. The Hall–Kier alpha value is -2.22. The third-order valence-electron chi connectivity index (χ3n) is 5.34. The second kappa shape index (κ2) is 8.43. The van der Waals surface area contributed by atoms with Crippen LogP contribution in [0.25, 0.3) is 0 Å². The molecule has 2 aromatic carbocycles. The van der Waals surface area contributed by atoms with Crippen LogP contribution >= 0.6 is 0 Å². The van der Waals surface area contributed by atoms with E-state index in [1.165, 1.54) is 46.6 Å². The quantitative estimate of drug-likeness (QED) is 0.804. The van der Waals surface area contributed by atoms with Crippen LogP contribution in [0.15, 0.2) is 53.4 Å². The number of sulfonamides is 1. The molecule has 0 atom stereocenters. The summed E-state index contributed by atoms with van der Waals surface area (Å²) in [4.78, 5) is 16.3. The molecule has 150 valence electrons. The molecule has 1 aliphatic heterocycles. The Morgan fingerprint density at radius 3 is 2.21 bits per heavy atom. The van der Waals surface area contributed by atoms with E-state index in [1.54, 1.807) is 12.1 Å². The van der Waals surface area contributed by atoms with Crippen LogP contribution in [0.1, 0.15) is 21.5 Å². The van der Waals surface area contributed by atoms with E-state index in [0.717, 1.165) is 19.6 Å². The van der Waals surface area contributed by atoms with E-state index in [9.17, 15) is 13.2 Å². The molecule has 1 fully saturated rings. The van der Waals surface area contributed by atoms with E-state index in [1.807, 2.05) is 4.90 Å². The van der Waals surface area contributed by atoms with Crippen molar-refractivity contribution in [3.63, 3.8) is 0 Å². The molecule has 1 amide bonds. The van der Waals surface area contributed by atoms with Crippen molar-refractivity contribution in [3.05, 3.63) is 65.2 Å². The van der Waals surface area contributed by atoms with Gasteiger partial charge in [0.05, 0.1) is 31.1 Å². The maximum atomic E-state index is 12.8. The summed E-state index contributed by atoms with van der Waals surface area (Å²) in [5.41, 5.74) is 3.19. The predicted octanol–water partition coefficient (Wildman–Crippen LogP) is 0.786. The topological polar surface area (TPSA) is 62.1 Å². The van der Waals surface area contributed by atoms with Gasteiger partial charge < -0.3 is 9.80 Å². The predicted molar refractivity (Wildman–Crippen MR) is 109 cm³/mol. The second-order valence-electron chi connectivity index (χ2n) is 7.46. The Morgan fingerprint density at radius 2 is 1.64 bits per heavy atom. The fourth-order valence-electron chi connectivity index (χ4n) is 3.44. The van der Waals surface area contributed by atoms with Crippen LogP contribution in [0.3, 0.4) is 0 Å². The van der Waals surface area contributed by atoms with Crippen molar-refractivity contribution < 1.29 is 18.1 Å². The van der Waals surface area contributed by atoms with Crippen molar-refractivity contribution in [3.8, 4) is 0 Å². The van der Waals surface area contributed by atoms with Crippen molar-refractivity contribution in [1.29, 1.82) is 0 Å².